The molecule has 1 saturated heterocycles. The van der Waals surface area contributed by atoms with Crippen LogP contribution >= 0.6 is 0 Å². The Balaban J connectivity index is 2.10. The summed E-state index contributed by atoms with van der Waals surface area (Å²) in [5.74, 6) is 0. The minimum absolute atomic E-state index is 0.484. The van der Waals surface area contributed by atoms with Crippen LogP contribution in [0.2, 0.25) is 0 Å². The first kappa shape index (κ1) is 12.5. The minimum Gasteiger partial charge on any atom is -0.417 e. The average molecular weight is 258 g/mol. The fourth-order valence-corrected chi connectivity index (χ4v) is 3.31. The molecule has 1 aliphatic rings. The highest BCUT2D eigenvalue weighted by Crippen LogP contribution is 2.32. The molecule has 1 aliphatic heterocycles. The zero-order chi connectivity index (χ0) is 13.4. The molecule has 102 valence electrons. The molecule has 1 aromatic heterocycles. The van der Waals surface area contributed by atoms with Crippen LogP contribution < -0.4 is 4.84 Å². The third kappa shape index (κ3) is 2.02. The fourth-order valence-electron chi connectivity index (χ4n) is 3.31. The van der Waals surface area contributed by atoms with Crippen LogP contribution in [0.25, 0.3) is 10.9 Å². The fraction of sp³-hybridized carbons (Fsp3) is 0.500. The van der Waals surface area contributed by atoms with Gasteiger partial charge in [-0.1, -0.05) is 12.1 Å². The second-order valence-corrected chi connectivity index (χ2v) is 5.48. The Morgan fingerprint density at radius 2 is 1.95 bits per heavy atom. The number of aryl methyl sites for hydroxylation is 1. The summed E-state index contributed by atoms with van der Waals surface area (Å²) in [4.78, 5) is 7.99. The van der Waals surface area contributed by atoms with Crippen molar-refractivity contribution in [1.29, 1.82) is 0 Å². The molecule has 3 rings (SSSR count). The number of aromatic nitrogens is 1. The molecule has 1 unspecified atom stereocenters. The highest BCUT2D eigenvalue weighted by Gasteiger charge is 2.22. The molecule has 1 aromatic carbocycles. The Bertz CT molecular complexity index is 582. The molecule has 2 heterocycles. The lowest BCUT2D eigenvalue weighted by Gasteiger charge is -2.25. The van der Waals surface area contributed by atoms with E-state index >= 15 is 0 Å². The minimum atomic E-state index is 0.484. The Hall–Kier alpha value is -1.48. The van der Waals surface area contributed by atoms with E-state index in [9.17, 15) is 0 Å². The van der Waals surface area contributed by atoms with E-state index in [-0.39, 0.29) is 0 Å². The van der Waals surface area contributed by atoms with Crippen LogP contribution in [0.15, 0.2) is 24.4 Å². The Kier molecular flexibility index (Phi) is 3.23. The number of rotatable bonds is 3. The smallest absolute Gasteiger partial charge is 0.104 e. The Labute approximate surface area is 114 Å². The van der Waals surface area contributed by atoms with Gasteiger partial charge in [0.05, 0.1) is 5.52 Å². The predicted molar refractivity (Wildman–Crippen MR) is 78.4 cm³/mol. The van der Waals surface area contributed by atoms with Gasteiger partial charge in [0, 0.05) is 17.6 Å². The predicted octanol–water partition coefficient (Wildman–Crippen LogP) is 3.16. The van der Waals surface area contributed by atoms with Gasteiger partial charge < -0.3 is 4.84 Å². The summed E-state index contributed by atoms with van der Waals surface area (Å²) in [5.41, 5.74) is 3.88. The monoisotopic (exact) mass is 258 g/mol. The summed E-state index contributed by atoms with van der Waals surface area (Å²) in [6, 6.07) is 7.02. The number of likely N-dealkylation sites (tertiary alicyclic amines) is 1. The quantitative estimate of drug-likeness (QED) is 0.841. The molecular formula is C16H22N2O. The van der Waals surface area contributed by atoms with Crippen molar-refractivity contribution in [3.8, 4) is 0 Å². The molecule has 1 atom stereocenters. The third-order valence-corrected chi connectivity index (χ3v) is 4.35. The second-order valence-electron chi connectivity index (χ2n) is 5.48. The molecule has 1 fully saturated rings. The van der Waals surface area contributed by atoms with Crippen LogP contribution in [0.1, 0.15) is 36.9 Å². The normalized spacial score (nSPS) is 18.1. The maximum Gasteiger partial charge on any atom is 0.104 e. The van der Waals surface area contributed by atoms with Gasteiger partial charge in [-0.15, -0.1) is 0 Å². The van der Waals surface area contributed by atoms with Gasteiger partial charge in [0.1, 0.15) is 7.11 Å². The van der Waals surface area contributed by atoms with Crippen molar-refractivity contribution in [2.24, 2.45) is 0 Å². The SMILES string of the molecule is COn1cc(C)c2c(C(C)N3CCCC3)cccc21. The zero-order valence-corrected chi connectivity index (χ0v) is 12.0. The Morgan fingerprint density at radius 1 is 1.21 bits per heavy atom. The largest absolute Gasteiger partial charge is 0.417 e. The van der Waals surface area contributed by atoms with Crippen LogP contribution in [0, 0.1) is 6.92 Å². The molecule has 0 saturated carbocycles. The van der Waals surface area contributed by atoms with Gasteiger partial charge in [0.2, 0.25) is 0 Å². The van der Waals surface area contributed by atoms with E-state index in [1.165, 1.54) is 48.0 Å². The summed E-state index contributed by atoms with van der Waals surface area (Å²) in [5, 5.41) is 1.35. The highest BCUT2D eigenvalue weighted by atomic mass is 16.6. The molecule has 0 radical (unpaired) electrons. The van der Waals surface area contributed by atoms with E-state index in [1.54, 1.807) is 7.11 Å². The molecule has 0 amide bonds. The maximum absolute atomic E-state index is 5.41. The number of hydrogen-bond donors (Lipinski definition) is 0. The van der Waals surface area contributed by atoms with Crippen LogP contribution in [0.5, 0.6) is 0 Å². The zero-order valence-electron chi connectivity index (χ0n) is 12.0. The van der Waals surface area contributed by atoms with Crippen molar-refractivity contribution in [2.75, 3.05) is 20.2 Å². The summed E-state index contributed by atoms with van der Waals surface area (Å²) in [6.07, 6.45) is 4.74. The highest BCUT2D eigenvalue weighted by molar-refractivity contribution is 5.87. The van der Waals surface area contributed by atoms with Crippen molar-refractivity contribution in [3.63, 3.8) is 0 Å². The molecule has 3 heteroatoms. The summed E-state index contributed by atoms with van der Waals surface area (Å²) in [6.45, 7) is 6.94. The van der Waals surface area contributed by atoms with Gasteiger partial charge in [0.25, 0.3) is 0 Å². The van der Waals surface area contributed by atoms with Crippen molar-refractivity contribution in [2.45, 2.75) is 32.7 Å². The number of hydrogen-bond acceptors (Lipinski definition) is 2. The van der Waals surface area contributed by atoms with Crippen LogP contribution in [0.4, 0.5) is 0 Å². The molecular weight excluding hydrogens is 236 g/mol. The molecule has 0 aliphatic carbocycles. The van der Waals surface area contributed by atoms with Crippen molar-refractivity contribution in [1.82, 2.24) is 9.63 Å². The lowest BCUT2D eigenvalue weighted by molar-refractivity contribution is 0.179. The molecule has 19 heavy (non-hydrogen) atoms. The van der Waals surface area contributed by atoms with Gasteiger partial charge in [-0.3, -0.25) is 4.90 Å². The topological polar surface area (TPSA) is 17.4 Å². The lowest BCUT2D eigenvalue weighted by atomic mass is 10.0. The number of fused-ring (bicyclic) bond motifs is 1. The third-order valence-electron chi connectivity index (χ3n) is 4.35. The van der Waals surface area contributed by atoms with Gasteiger partial charge in [-0.05, 0) is 57.0 Å². The summed E-state index contributed by atoms with van der Waals surface area (Å²) >= 11 is 0. The van der Waals surface area contributed by atoms with Crippen LogP contribution in [-0.4, -0.2) is 29.8 Å². The summed E-state index contributed by atoms with van der Waals surface area (Å²) in [7, 11) is 1.72. The average Bonchev–Trinajstić information content (AvgIpc) is 3.06. The van der Waals surface area contributed by atoms with Crippen LogP contribution in [-0.2, 0) is 0 Å². The lowest BCUT2D eigenvalue weighted by Crippen LogP contribution is -2.23. The van der Waals surface area contributed by atoms with E-state index in [0.717, 1.165) is 0 Å². The van der Waals surface area contributed by atoms with E-state index in [4.69, 9.17) is 4.84 Å². The first-order valence-electron chi connectivity index (χ1n) is 7.11. The Morgan fingerprint density at radius 3 is 2.63 bits per heavy atom. The molecule has 0 spiro atoms. The van der Waals surface area contributed by atoms with E-state index in [2.05, 4.69) is 43.1 Å². The molecule has 0 N–H and O–H groups in total. The van der Waals surface area contributed by atoms with Gasteiger partial charge in [0.15, 0.2) is 0 Å². The van der Waals surface area contributed by atoms with Gasteiger partial charge in [-0.2, -0.15) is 4.73 Å². The molecule has 2 aromatic rings. The second kappa shape index (κ2) is 4.89. The number of nitrogens with zero attached hydrogens (tertiary/aromatic N) is 2. The maximum atomic E-state index is 5.41. The van der Waals surface area contributed by atoms with E-state index < -0.39 is 0 Å². The number of benzene rings is 1. The van der Waals surface area contributed by atoms with Crippen LogP contribution in [0.3, 0.4) is 0 Å². The van der Waals surface area contributed by atoms with Gasteiger partial charge >= 0.3 is 0 Å². The van der Waals surface area contributed by atoms with Gasteiger partial charge in [-0.25, -0.2) is 0 Å². The van der Waals surface area contributed by atoms with Crippen molar-refractivity contribution in [3.05, 3.63) is 35.5 Å². The van der Waals surface area contributed by atoms with E-state index in [1.807, 2.05) is 4.73 Å². The molecule has 3 nitrogen and oxygen atoms in total. The first-order valence-corrected chi connectivity index (χ1v) is 7.11. The van der Waals surface area contributed by atoms with Crippen molar-refractivity contribution >= 4 is 10.9 Å². The standard InChI is InChI=1S/C16H22N2O/c1-12-11-18(19-3)15-8-6-7-14(16(12)15)13(2)17-9-4-5-10-17/h6-8,11,13H,4-5,9-10H2,1-3H3. The van der Waals surface area contributed by atoms with Crippen molar-refractivity contribution < 1.29 is 4.84 Å². The first-order chi connectivity index (χ1) is 9.22. The van der Waals surface area contributed by atoms with E-state index in [0.29, 0.717) is 6.04 Å². The molecule has 0 bridgehead atoms. The summed E-state index contributed by atoms with van der Waals surface area (Å²) < 4.78 is 1.87.